The lowest BCUT2D eigenvalue weighted by molar-refractivity contribution is -0.142. The van der Waals surface area contributed by atoms with Crippen molar-refractivity contribution in [3.63, 3.8) is 0 Å². The van der Waals surface area contributed by atoms with Crippen molar-refractivity contribution < 1.29 is 31.4 Å². The smallest absolute Gasteiger partial charge is 0.386 e. The minimum Gasteiger partial charge on any atom is -0.386 e. The van der Waals surface area contributed by atoms with Crippen LogP contribution in [0.5, 0.6) is 0 Å². The van der Waals surface area contributed by atoms with Crippen molar-refractivity contribution in [2.45, 2.75) is 43.8 Å². The molecule has 32 heavy (non-hydrogen) atoms. The van der Waals surface area contributed by atoms with Gasteiger partial charge in [-0.05, 0) is 49.2 Å². The number of pyridine rings is 1. The van der Waals surface area contributed by atoms with Crippen LogP contribution in [-0.4, -0.2) is 39.2 Å². The second kappa shape index (κ2) is 9.22. The Morgan fingerprint density at radius 3 is 2.59 bits per heavy atom. The molecule has 0 bridgehead atoms. The highest BCUT2D eigenvalue weighted by molar-refractivity contribution is 7.80. The molecule has 1 aromatic heterocycles. The zero-order valence-corrected chi connectivity index (χ0v) is 17.6. The molecule has 2 heterocycles. The van der Waals surface area contributed by atoms with E-state index in [0.717, 1.165) is 12.5 Å². The molecular formula is C21H21F6N3OS. The molecule has 0 unspecified atom stereocenters. The maximum atomic E-state index is 13.5. The van der Waals surface area contributed by atoms with E-state index in [2.05, 4.69) is 16.9 Å². The van der Waals surface area contributed by atoms with E-state index in [1.54, 1.807) is 11.0 Å². The van der Waals surface area contributed by atoms with Crippen LogP contribution in [0.25, 0.3) is 10.9 Å². The van der Waals surface area contributed by atoms with Crippen molar-refractivity contribution in [2.75, 3.05) is 13.1 Å². The highest BCUT2D eigenvalue weighted by Crippen LogP contribution is 2.40. The topological polar surface area (TPSA) is 48.4 Å². The number of likely N-dealkylation sites (tertiary alicyclic amines) is 1. The Kier molecular flexibility index (Phi) is 6.99. The number of fused-ring (bicyclic) bond motifs is 1. The monoisotopic (exact) mass is 477 g/mol. The summed E-state index contributed by atoms with van der Waals surface area (Å²) in [5.41, 5.74) is -3.90. The van der Waals surface area contributed by atoms with E-state index < -0.39 is 41.3 Å². The van der Waals surface area contributed by atoms with Crippen LogP contribution in [0.2, 0.25) is 0 Å². The average Bonchev–Trinajstić information content (AvgIpc) is 2.74. The van der Waals surface area contributed by atoms with Crippen LogP contribution >= 0.6 is 12.2 Å². The molecule has 0 saturated carbocycles. The molecule has 2 atom stereocenters. The summed E-state index contributed by atoms with van der Waals surface area (Å²) in [7, 11) is 0. The van der Waals surface area contributed by atoms with Gasteiger partial charge in [-0.3, -0.25) is 0 Å². The van der Waals surface area contributed by atoms with Gasteiger partial charge in [0.05, 0.1) is 17.1 Å². The lowest BCUT2D eigenvalue weighted by atomic mass is 9.90. The molecule has 0 amide bonds. The minimum absolute atomic E-state index is 0.184. The van der Waals surface area contributed by atoms with E-state index in [4.69, 9.17) is 12.2 Å². The number of nitrogens with zero attached hydrogens (tertiary/aromatic N) is 2. The van der Waals surface area contributed by atoms with E-state index in [0.29, 0.717) is 43.2 Å². The highest BCUT2D eigenvalue weighted by Gasteiger charge is 2.39. The second-order valence-electron chi connectivity index (χ2n) is 7.47. The number of nitrogens with one attached hydrogen (secondary N) is 1. The largest absolute Gasteiger partial charge is 0.433 e. The van der Waals surface area contributed by atoms with Gasteiger partial charge >= 0.3 is 12.4 Å². The predicted molar refractivity (Wildman–Crippen MR) is 112 cm³/mol. The summed E-state index contributed by atoms with van der Waals surface area (Å²) in [6, 6.07) is 2.91. The number of aromatic nitrogens is 1. The molecule has 0 spiro atoms. The Bertz CT molecular complexity index is 1010. The molecule has 174 valence electrons. The van der Waals surface area contributed by atoms with E-state index in [1.807, 2.05) is 0 Å². The molecule has 11 heteroatoms. The highest BCUT2D eigenvalue weighted by atomic mass is 32.1. The number of alkyl halides is 6. The van der Waals surface area contributed by atoms with Crippen molar-refractivity contribution in [1.82, 2.24) is 15.2 Å². The standard InChI is InChI=1S/C21H21F6N3OS/c1-2-9-28-19(32)30-10-4-3-8-15(30)18(31)13-11-16(21(25,26)27)29-17-12(13)6-5-7-14(17)20(22,23)24/h2,5-7,11,15,18,31H,1,3-4,8-10H2,(H,28,32)/t15-,18+/m0/s1. The van der Waals surface area contributed by atoms with E-state index in [9.17, 15) is 31.4 Å². The van der Waals surface area contributed by atoms with E-state index >= 15 is 0 Å². The number of para-hydroxylation sites is 1. The molecule has 3 rings (SSSR count). The number of aliphatic hydroxyl groups is 1. The number of halogens is 6. The number of aliphatic hydroxyl groups excluding tert-OH is 1. The molecule has 1 aliphatic rings. The number of piperidine rings is 1. The molecule has 1 aromatic carbocycles. The molecule has 1 fully saturated rings. The molecule has 1 saturated heterocycles. The molecule has 0 radical (unpaired) electrons. The van der Waals surface area contributed by atoms with Crippen molar-refractivity contribution in [3.8, 4) is 0 Å². The van der Waals surface area contributed by atoms with Gasteiger partial charge in [0.15, 0.2) is 5.11 Å². The summed E-state index contributed by atoms with van der Waals surface area (Å²) in [4.78, 5) is 4.94. The van der Waals surface area contributed by atoms with Gasteiger partial charge in [0.2, 0.25) is 0 Å². The van der Waals surface area contributed by atoms with E-state index in [1.165, 1.54) is 6.07 Å². The van der Waals surface area contributed by atoms with Gasteiger partial charge in [0, 0.05) is 18.5 Å². The molecule has 2 aromatic rings. The quantitative estimate of drug-likeness (QED) is 0.359. The predicted octanol–water partition coefficient (Wildman–Crippen LogP) is 5.22. The summed E-state index contributed by atoms with van der Waals surface area (Å²) in [5.74, 6) is 0. The van der Waals surface area contributed by atoms with Gasteiger partial charge in [-0.2, -0.15) is 26.3 Å². The zero-order chi connectivity index (χ0) is 23.7. The van der Waals surface area contributed by atoms with Crippen molar-refractivity contribution in [1.29, 1.82) is 0 Å². The zero-order valence-electron chi connectivity index (χ0n) is 16.8. The number of thiocarbonyl (C=S) groups is 1. The van der Waals surface area contributed by atoms with Gasteiger partial charge in [-0.25, -0.2) is 4.98 Å². The van der Waals surface area contributed by atoms with Crippen LogP contribution in [0, 0.1) is 0 Å². The first kappa shape index (κ1) is 24.2. The maximum Gasteiger partial charge on any atom is 0.433 e. The third kappa shape index (κ3) is 4.98. The van der Waals surface area contributed by atoms with Gasteiger partial charge in [0.1, 0.15) is 11.8 Å². The lowest BCUT2D eigenvalue weighted by Gasteiger charge is -2.40. The first-order valence-electron chi connectivity index (χ1n) is 9.86. The molecule has 2 N–H and O–H groups in total. The van der Waals surface area contributed by atoms with Gasteiger partial charge in [-0.15, -0.1) is 6.58 Å². The van der Waals surface area contributed by atoms with Crippen LogP contribution in [0.4, 0.5) is 26.3 Å². The van der Waals surface area contributed by atoms with Gasteiger partial charge < -0.3 is 15.3 Å². The van der Waals surface area contributed by atoms with Crippen LogP contribution in [0.1, 0.15) is 42.2 Å². The molecular weight excluding hydrogens is 456 g/mol. The number of rotatable bonds is 4. The number of hydrogen-bond acceptors (Lipinski definition) is 3. The van der Waals surface area contributed by atoms with E-state index in [-0.39, 0.29) is 10.9 Å². The first-order valence-corrected chi connectivity index (χ1v) is 10.3. The molecule has 0 aliphatic carbocycles. The average molecular weight is 477 g/mol. The number of hydrogen-bond donors (Lipinski definition) is 2. The Balaban J connectivity index is 2.15. The maximum absolute atomic E-state index is 13.5. The Morgan fingerprint density at radius 2 is 1.97 bits per heavy atom. The Hall–Kier alpha value is -2.40. The Labute approximate surface area is 185 Å². The summed E-state index contributed by atoms with van der Waals surface area (Å²) in [6.07, 6.45) is -8.00. The summed E-state index contributed by atoms with van der Waals surface area (Å²) in [6.45, 7) is 4.38. The summed E-state index contributed by atoms with van der Waals surface area (Å²) < 4.78 is 81.0. The van der Waals surface area contributed by atoms with Crippen molar-refractivity contribution >= 4 is 28.2 Å². The minimum atomic E-state index is -4.99. The van der Waals surface area contributed by atoms with Crippen molar-refractivity contribution in [3.05, 3.63) is 53.7 Å². The first-order chi connectivity index (χ1) is 14.9. The fraction of sp³-hybridized carbons (Fsp3) is 0.429. The van der Waals surface area contributed by atoms with Crippen LogP contribution in [-0.2, 0) is 12.4 Å². The number of benzene rings is 1. The fourth-order valence-corrected chi connectivity index (χ4v) is 4.21. The second-order valence-corrected chi connectivity index (χ2v) is 7.86. The van der Waals surface area contributed by atoms with Crippen LogP contribution < -0.4 is 5.32 Å². The third-order valence-electron chi connectivity index (χ3n) is 5.36. The summed E-state index contributed by atoms with van der Waals surface area (Å²) >= 11 is 5.35. The molecule has 4 nitrogen and oxygen atoms in total. The van der Waals surface area contributed by atoms with Crippen LogP contribution in [0.15, 0.2) is 36.9 Å². The SMILES string of the molecule is C=CCNC(=S)N1CCCC[C@H]1[C@H](O)c1cc(C(F)(F)F)nc2c(C(F)(F)F)cccc12. The Morgan fingerprint density at radius 1 is 1.25 bits per heavy atom. The summed E-state index contributed by atoms with van der Waals surface area (Å²) in [5, 5.41) is 14.2. The van der Waals surface area contributed by atoms with Crippen molar-refractivity contribution in [2.24, 2.45) is 0 Å². The third-order valence-corrected chi connectivity index (χ3v) is 5.74. The normalized spacial score (nSPS) is 18.5. The van der Waals surface area contributed by atoms with Crippen LogP contribution in [0.3, 0.4) is 0 Å². The van der Waals surface area contributed by atoms with Gasteiger partial charge in [0.25, 0.3) is 0 Å². The molecule has 1 aliphatic heterocycles. The fourth-order valence-electron chi connectivity index (χ4n) is 3.90. The lowest BCUT2D eigenvalue weighted by Crippen LogP contribution is -2.50. The van der Waals surface area contributed by atoms with Gasteiger partial charge in [-0.1, -0.05) is 18.2 Å².